The third kappa shape index (κ3) is 6.86. The van der Waals surface area contributed by atoms with Gasteiger partial charge in [0.1, 0.15) is 5.75 Å². The second-order valence-corrected chi connectivity index (χ2v) is 10.5. The molecular formula is C26H37ClN2O4. The van der Waals surface area contributed by atoms with Gasteiger partial charge in [0.05, 0.1) is 19.8 Å². The quantitative estimate of drug-likeness (QED) is 0.552. The van der Waals surface area contributed by atoms with Crippen LogP contribution in [0.5, 0.6) is 5.75 Å². The van der Waals surface area contributed by atoms with Gasteiger partial charge in [-0.2, -0.15) is 0 Å². The molecule has 1 aliphatic carbocycles. The lowest BCUT2D eigenvalue weighted by atomic mass is 9.77. The minimum atomic E-state index is -0.379. The minimum Gasteiger partial charge on any atom is -0.493 e. The van der Waals surface area contributed by atoms with Gasteiger partial charge in [-0.15, -0.1) is 0 Å². The Balaban J connectivity index is 1.42. The molecule has 1 aromatic carbocycles. The average Bonchev–Trinajstić information content (AvgIpc) is 3.37. The summed E-state index contributed by atoms with van der Waals surface area (Å²) in [6.07, 6.45) is 8.92. The van der Waals surface area contributed by atoms with Crippen molar-refractivity contribution in [2.24, 2.45) is 11.3 Å². The Labute approximate surface area is 202 Å². The first-order valence-corrected chi connectivity index (χ1v) is 12.9. The van der Waals surface area contributed by atoms with Crippen LogP contribution in [-0.2, 0) is 14.3 Å². The summed E-state index contributed by atoms with van der Waals surface area (Å²) in [5.41, 5.74) is -0.379. The molecule has 2 heterocycles. The summed E-state index contributed by atoms with van der Waals surface area (Å²) in [6.45, 7) is 4.22. The molecule has 1 saturated carbocycles. The summed E-state index contributed by atoms with van der Waals surface area (Å²) in [5.74, 6) is 1.82. The number of rotatable bonds is 8. The predicted octanol–water partition coefficient (Wildman–Crippen LogP) is 4.55. The molecule has 6 nitrogen and oxygen atoms in total. The van der Waals surface area contributed by atoms with E-state index in [4.69, 9.17) is 21.1 Å². The van der Waals surface area contributed by atoms with E-state index >= 15 is 0 Å². The number of benzene rings is 1. The molecule has 33 heavy (non-hydrogen) atoms. The standard InChI is InChI=1S/C26H37ClN2O4/c27-22-7-9-23(10-8-22)33-20-26(18-25(31)28-14-16-32-17-15-28)12-3-13-29(19-26)24(30)11-6-21-4-1-2-5-21/h7-10,21H,1-6,11-20H2/t26-/m1/s1. The highest BCUT2D eigenvalue weighted by molar-refractivity contribution is 6.30. The van der Waals surface area contributed by atoms with Gasteiger partial charge in [-0.3, -0.25) is 9.59 Å². The van der Waals surface area contributed by atoms with Crippen LogP contribution in [0.3, 0.4) is 0 Å². The van der Waals surface area contributed by atoms with E-state index in [1.54, 1.807) is 0 Å². The van der Waals surface area contributed by atoms with Crippen molar-refractivity contribution in [2.75, 3.05) is 46.0 Å². The molecule has 1 atom stereocenters. The summed E-state index contributed by atoms with van der Waals surface area (Å²) in [4.78, 5) is 30.2. The van der Waals surface area contributed by atoms with Crippen LogP contribution in [0.2, 0.25) is 5.02 Å². The monoisotopic (exact) mass is 476 g/mol. The number of hydrogen-bond donors (Lipinski definition) is 0. The van der Waals surface area contributed by atoms with Gasteiger partial charge in [0.2, 0.25) is 11.8 Å². The molecule has 0 unspecified atom stereocenters. The smallest absolute Gasteiger partial charge is 0.223 e. The normalized spacial score (nSPS) is 24.2. The van der Waals surface area contributed by atoms with Crippen LogP contribution < -0.4 is 4.74 Å². The van der Waals surface area contributed by atoms with Gasteiger partial charge >= 0.3 is 0 Å². The number of ether oxygens (including phenoxy) is 2. The molecule has 2 saturated heterocycles. The summed E-state index contributed by atoms with van der Waals surface area (Å²) in [6, 6.07) is 7.32. The number of halogens is 1. The molecule has 2 aliphatic heterocycles. The fourth-order valence-electron chi connectivity index (χ4n) is 5.53. The van der Waals surface area contributed by atoms with Gasteiger partial charge < -0.3 is 19.3 Å². The Morgan fingerprint density at radius 1 is 1.00 bits per heavy atom. The highest BCUT2D eigenvalue weighted by Gasteiger charge is 2.41. The molecule has 0 spiro atoms. The SMILES string of the molecule is O=C(C[C@]1(COc2ccc(Cl)cc2)CCCN(C(=O)CCC2CCCC2)C1)N1CCOCC1. The van der Waals surface area contributed by atoms with Gasteiger partial charge in [-0.1, -0.05) is 37.3 Å². The Kier molecular flexibility index (Phi) is 8.53. The molecule has 4 rings (SSSR count). The first kappa shape index (κ1) is 24.3. The van der Waals surface area contributed by atoms with Crippen LogP contribution >= 0.6 is 11.6 Å². The van der Waals surface area contributed by atoms with Crippen LogP contribution in [-0.4, -0.2) is 67.6 Å². The molecule has 0 bridgehead atoms. The van der Waals surface area contributed by atoms with E-state index in [-0.39, 0.29) is 17.2 Å². The number of hydrogen-bond acceptors (Lipinski definition) is 4. The van der Waals surface area contributed by atoms with Crippen LogP contribution in [0.15, 0.2) is 24.3 Å². The van der Waals surface area contributed by atoms with Crippen molar-refractivity contribution < 1.29 is 19.1 Å². The largest absolute Gasteiger partial charge is 0.493 e. The van der Waals surface area contributed by atoms with Crippen molar-refractivity contribution in [1.82, 2.24) is 9.80 Å². The Morgan fingerprint density at radius 2 is 1.73 bits per heavy atom. The van der Waals surface area contributed by atoms with Crippen molar-refractivity contribution in [3.8, 4) is 5.75 Å². The number of morpholine rings is 1. The van der Waals surface area contributed by atoms with Crippen LogP contribution in [0.4, 0.5) is 0 Å². The second-order valence-electron chi connectivity index (χ2n) is 10.0. The zero-order chi connectivity index (χ0) is 23.1. The fraction of sp³-hybridized carbons (Fsp3) is 0.692. The predicted molar refractivity (Wildman–Crippen MR) is 128 cm³/mol. The number of amides is 2. The van der Waals surface area contributed by atoms with E-state index in [1.165, 1.54) is 25.7 Å². The van der Waals surface area contributed by atoms with Gasteiger partial charge in [-0.25, -0.2) is 0 Å². The van der Waals surface area contributed by atoms with Crippen LogP contribution in [0, 0.1) is 11.3 Å². The molecule has 7 heteroatoms. The van der Waals surface area contributed by atoms with Gasteiger partial charge in [0, 0.05) is 49.5 Å². The lowest BCUT2D eigenvalue weighted by molar-refractivity contribution is -0.144. The van der Waals surface area contributed by atoms with Crippen LogP contribution in [0.1, 0.15) is 57.8 Å². The first-order valence-electron chi connectivity index (χ1n) is 12.5. The maximum absolute atomic E-state index is 13.2. The third-order valence-electron chi connectivity index (χ3n) is 7.50. The van der Waals surface area contributed by atoms with Gasteiger partial charge in [-0.05, 0) is 49.4 Å². The van der Waals surface area contributed by atoms with Gasteiger partial charge in [0.15, 0.2) is 0 Å². The van der Waals surface area contributed by atoms with E-state index in [1.807, 2.05) is 34.1 Å². The Hall–Kier alpha value is -1.79. The Morgan fingerprint density at radius 3 is 2.45 bits per heavy atom. The third-order valence-corrected chi connectivity index (χ3v) is 7.76. The summed E-state index contributed by atoms with van der Waals surface area (Å²) in [7, 11) is 0. The molecule has 3 aliphatic rings. The molecule has 3 fully saturated rings. The highest BCUT2D eigenvalue weighted by atomic mass is 35.5. The molecular weight excluding hydrogens is 440 g/mol. The lowest BCUT2D eigenvalue weighted by Gasteiger charge is -2.43. The Bertz CT molecular complexity index is 790. The molecule has 182 valence electrons. The van der Waals surface area contributed by atoms with E-state index < -0.39 is 0 Å². The molecule has 2 amide bonds. The lowest BCUT2D eigenvalue weighted by Crippen LogP contribution is -2.52. The van der Waals surface area contributed by atoms with Crippen molar-refractivity contribution in [1.29, 1.82) is 0 Å². The van der Waals surface area contributed by atoms with Gasteiger partial charge in [0.25, 0.3) is 0 Å². The number of piperidine rings is 1. The summed E-state index contributed by atoms with van der Waals surface area (Å²) in [5, 5.41) is 0.663. The number of carbonyl (C=O) groups is 2. The van der Waals surface area contributed by atoms with Crippen LogP contribution in [0.25, 0.3) is 0 Å². The van der Waals surface area contributed by atoms with E-state index in [9.17, 15) is 9.59 Å². The zero-order valence-electron chi connectivity index (χ0n) is 19.6. The van der Waals surface area contributed by atoms with Crippen molar-refractivity contribution in [3.63, 3.8) is 0 Å². The summed E-state index contributed by atoms with van der Waals surface area (Å²) < 4.78 is 11.6. The maximum Gasteiger partial charge on any atom is 0.223 e. The van der Waals surface area contributed by atoms with E-state index in [2.05, 4.69) is 0 Å². The maximum atomic E-state index is 13.2. The summed E-state index contributed by atoms with van der Waals surface area (Å²) >= 11 is 6.01. The highest BCUT2D eigenvalue weighted by Crippen LogP contribution is 2.36. The van der Waals surface area contributed by atoms with Crippen molar-refractivity contribution in [3.05, 3.63) is 29.3 Å². The molecule has 1 aromatic rings. The number of nitrogens with zero attached hydrogens (tertiary/aromatic N) is 2. The van der Waals surface area contributed by atoms with Crippen molar-refractivity contribution in [2.45, 2.75) is 57.8 Å². The first-order chi connectivity index (χ1) is 16.0. The fourth-order valence-corrected chi connectivity index (χ4v) is 5.66. The number of likely N-dealkylation sites (tertiary alicyclic amines) is 1. The van der Waals surface area contributed by atoms with E-state index in [0.29, 0.717) is 63.2 Å². The number of carbonyl (C=O) groups excluding carboxylic acids is 2. The molecule has 0 N–H and O–H groups in total. The van der Waals surface area contributed by atoms with E-state index in [0.717, 1.165) is 31.6 Å². The average molecular weight is 477 g/mol. The minimum absolute atomic E-state index is 0.137. The van der Waals surface area contributed by atoms with Crippen molar-refractivity contribution >= 4 is 23.4 Å². The second kappa shape index (κ2) is 11.6. The topological polar surface area (TPSA) is 59.1 Å². The zero-order valence-corrected chi connectivity index (χ0v) is 20.4. The molecule has 0 radical (unpaired) electrons. The molecule has 0 aromatic heterocycles.